The van der Waals surface area contributed by atoms with Gasteiger partial charge in [-0.05, 0) is 23.8 Å². The molecule has 5 N–H and O–H groups in total. The number of fused-ring (bicyclic) bond motifs is 1. The fourth-order valence-electron chi connectivity index (χ4n) is 2.96. The Morgan fingerprint density at radius 3 is 2.80 bits per heavy atom. The number of carbonyl (C=O) groups is 1. The minimum atomic E-state index is -1.32. The third-order valence-electron chi connectivity index (χ3n) is 4.55. The van der Waals surface area contributed by atoms with Crippen LogP contribution >= 0.6 is 23.2 Å². The highest BCUT2D eigenvalue weighted by molar-refractivity contribution is 6.33. The van der Waals surface area contributed by atoms with Crippen molar-refractivity contribution in [2.75, 3.05) is 19.5 Å². The quantitative estimate of drug-likeness (QED) is 0.400. The molecule has 0 aliphatic carbocycles. The number of ether oxygens (including phenoxy) is 1. The highest BCUT2D eigenvalue weighted by Gasteiger charge is 2.32. The van der Waals surface area contributed by atoms with E-state index in [0.717, 1.165) is 5.56 Å². The molecule has 3 aromatic rings. The van der Waals surface area contributed by atoms with E-state index in [9.17, 15) is 9.90 Å². The first-order chi connectivity index (χ1) is 14.4. The number of nitrogens with two attached hydrogens (primary N) is 1. The fourth-order valence-corrected chi connectivity index (χ4v) is 3.33. The van der Waals surface area contributed by atoms with E-state index >= 15 is 0 Å². The van der Waals surface area contributed by atoms with Crippen LogP contribution in [0.15, 0.2) is 30.9 Å². The van der Waals surface area contributed by atoms with Crippen LogP contribution in [0, 0.1) is 0 Å². The van der Waals surface area contributed by atoms with Gasteiger partial charge in [-0.15, -0.1) is 0 Å². The van der Waals surface area contributed by atoms with Gasteiger partial charge in [-0.25, -0.2) is 15.0 Å². The summed E-state index contributed by atoms with van der Waals surface area (Å²) in [5.74, 6) is -0.0194. The van der Waals surface area contributed by atoms with E-state index in [-0.39, 0.29) is 0 Å². The predicted octanol–water partition coefficient (Wildman–Crippen LogP) is 1.32. The molecule has 0 radical (unpaired) electrons. The lowest BCUT2D eigenvalue weighted by molar-refractivity contribution is -0.134. The van der Waals surface area contributed by atoms with Crippen LogP contribution in [0.5, 0.6) is 0 Å². The van der Waals surface area contributed by atoms with Crippen LogP contribution in [0.3, 0.4) is 0 Å². The summed E-state index contributed by atoms with van der Waals surface area (Å²) in [7, 11) is 2.79. The molecule has 0 spiro atoms. The lowest BCUT2D eigenvalue weighted by atomic mass is 10.1. The predicted molar refractivity (Wildman–Crippen MR) is 113 cm³/mol. The van der Waals surface area contributed by atoms with E-state index in [2.05, 4.69) is 25.6 Å². The van der Waals surface area contributed by atoms with E-state index < -0.39 is 24.3 Å². The number of aliphatic hydroxyl groups is 1. The van der Waals surface area contributed by atoms with Gasteiger partial charge in [0, 0.05) is 30.7 Å². The number of halogens is 2. The topological polar surface area (TPSA) is 140 Å². The number of amides is 1. The van der Waals surface area contributed by atoms with Crippen molar-refractivity contribution in [1.82, 2.24) is 24.8 Å². The Morgan fingerprint density at radius 2 is 2.10 bits per heavy atom. The van der Waals surface area contributed by atoms with E-state index in [1.54, 1.807) is 18.2 Å². The summed E-state index contributed by atoms with van der Waals surface area (Å²) in [6.07, 6.45) is 0.319. The van der Waals surface area contributed by atoms with Gasteiger partial charge in [0.15, 0.2) is 29.3 Å². The van der Waals surface area contributed by atoms with Crippen LogP contribution in [0.25, 0.3) is 11.2 Å². The van der Waals surface area contributed by atoms with Gasteiger partial charge in [0.25, 0.3) is 5.91 Å². The zero-order valence-electron chi connectivity index (χ0n) is 16.2. The first-order valence-electron chi connectivity index (χ1n) is 8.90. The van der Waals surface area contributed by atoms with Gasteiger partial charge in [-0.1, -0.05) is 23.2 Å². The number of benzene rings is 1. The summed E-state index contributed by atoms with van der Waals surface area (Å²) in [6.45, 7) is 0.350. The number of nitrogens with one attached hydrogen (secondary N) is 2. The number of aliphatic hydroxyl groups excluding tert-OH is 1. The smallest absolute Gasteiger partial charge is 0.250 e. The number of carbonyl (C=O) groups excluding carboxylic acids is 1. The molecule has 0 unspecified atom stereocenters. The molecule has 0 bridgehead atoms. The summed E-state index contributed by atoms with van der Waals surface area (Å²) in [6, 6.07) is 4.10. The second-order valence-corrected chi connectivity index (χ2v) is 7.24. The van der Waals surface area contributed by atoms with Crippen LogP contribution in [-0.2, 0) is 16.1 Å². The highest BCUT2D eigenvalue weighted by Crippen LogP contribution is 2.25. The SMILES string of the molecule is CNC(=O)[C@@H](OC)[C@@H](N)[C@@H](O)n1cnc2c(NCc3cc(Cl)ccc3Cl)ncnc21. The second kappa shape index (κ2) is 9.54. The summed E-state index contributed by atoms with van der Waals surface area (Å²) < 4.78 is 6.48. The van der Waals surface area contributed by atoms with Crippen molar-refractivity contribution >= 4 is 46.1 Å². The molecule has 10 nitrogen and oxygen atoms in total. The maximum Gasteiger partial charge on any atom is 0.250 e. The normalized spacial score (nSPS) is 14.3. The van der Waals surface area contributed by atoms with Crippen LogP contribution in [0.4, 0.5) is 5.82 Å². The number of aromatic nitrogens is 4. The van der Waals surface area contributed by atoms with Crippen molar-refractivity contribution in [2.24, 2.45) is 5.73 Å². The molecule has 0 saturated carbocycles. The number of methoxy groups -OCH3 is 1. The third kappa shape index (κ3) is 4.47. The van der Waals surface area contributed by atoms with Crippen molar-refractivity contribution in [1.29, 1.82) is 0 Å². The fraction of sp³-hybridized carbons (Fsp3) is 0.333. The first-order valence-corrected chi connectivity index (χ1v) is 9.66. The monoisotopic (exact) mass is 453 g/mol. The summed E-state index contributed by atoms with van der Waals surface area (Å²) in [5, 5.41) is 17.4. The van der Waals surface area contributed by atoms with Crippen molar-refractivity contribution < 1.29 is 14.6 Å². The molecule has 1 amide bonds. The van der Waals surface area contributed by atoms with Gasteiger partial charge < -0.3 is 26.2 Å². The Bertz CT molecular complexity index is 1050. The van der Waals surface area contributed by atoms with Crippen LogP contribution in [0.1, 0.15) is 11.8 Å². The number of hydrogen-bond donors (Lipinski definition) is 4. The molecule has 2 heterocycles. The van der Waals surface area contributed by atoms with E-state index in [0.29, 0.717) is 33.6 Å². The van der Waals surface area contributed by atoms with Crippen molar-refractivity contribution in [3.05, 3.63) is 46.5 Å². The summed E-state index contributed by atoms with van der Waals surface area (Å²) in [5.41, 5.74) is 7.59. The standard InChI is InChI=1S/C18H21Cl2N7O3/c1-22-17(28)14(30-2)12(21)18(29)27-8-26-13-15(24-7-25-16(13)27)23-6-9-5-10(19)3-4-11(9)20/h3-5,7-8,12,14,18,29H,6,21H2,1-2H3,(H,22,28)(H,23,24,25)/t12-,14+,18-/m1/s1. The largest absolute Gasteiger partial charge is 0.371 e. The van der Waals surface area contributed by atoms with E-state index in [1.807, 2.05) is 0 Å². The molecule has 2 aromatic heterocycles. The molecule has 0 aliphatic heterocycles. The molecule has 30 heavy (non-hydrogen) atoms. The Kier molecular flexibility index (Phi) is 7.06. The molecule has 3 atom stereocenters. The lowest BCUT2D eigenvalue weighted by Crippen LogP contribution is -2.50. The molecule has 1 aromatic carbocycles. The van der Waals surface area contributed by atoms with Gasteiger partial charge in [0.2, 0.25) is 0 Å². The van der Waals surface area contributed by atoms with Crippen LogP contribution < -0.4 is 16.4 Å². The summed E-state index contributed by atoms with van der Waals surface area (Å²) >= 11 is 12.2. The number of anilines is 1. The van der Waals surface area contributed by atoms with Crippen molar-refractivity contribution in [2.45, 2.75) is 24.9 Å². The van der Waals surface area contributed by atoms with Crippen LogP contribution in [-0.4, -0.2) is 56.8 Å². The third-order valence-corrected chi connectivity index (χ3v) is 5.15. The number of imidazole rings is 1. The van der Waals surface area contributed by atoms with Gasteiger partial charge in [0.05, 0.1) is 12.4 Å². The second-order valence-electron chi connectivity index (χ2n) is 6.40. The summed E-state index contributed by atoms with van der Waals surface area (Å²) in [4.78, 5) is 24.6. The highest BCUT2D eigenvalue weighted by atomic mass is 35.5. The zero-order valence-corrected chi connectivity index (χ0v) is 17.7. The van der Waals surface area contributed by atoms with Gasteiger partial charge in [-0.3, -0.25) is 9.36 Å². The van der Waals surface area contributed by atoms with Crippen molar-refractivity contribution in [3.63, 3.8) is 0 Å². The van der Waals surface area contributed by atoms with E-state index in [1.165, 1.54) is 31.4 Å². The van der Waals surface area contributed by atoms with Gasteiger partial charge in [-0.2, -0.15) is 0 Å². The molecular weight excluding hydrogens is 433 g/mol. The molecule has 12 heteroatoms. The van der Waals surface area contributed by atoms with Gasteiger partial charge >= 0.3 is 0 Å². The lowest BCUT2D eigenvalue weighted by Gasteiger charge is -2.26. The molecular formula is C18H21Cl2N7O3. The van der Waals surface area contributed by atoms with Crippen molar-refractivity contribution in [3.8, 4) is 0 Å². The van der Waals surface area contributed by atoms with Crippen LogP contribution in [0.2, 0.25) is 10.0 Å². The first kappa shape index (κ1) is 22.2. The Hall–Kier alpha value is -2.50. The average Bonchev–Trinajstić information content (AvgIpc) is 3.18. The molecule has 0 aliphatic rings. The number of hydrogen-bond acceptors (Lipinski definition) is 8. The molecule has 0 fully saturated rings. The van der Waals surface area contributed by atoms with E-state index in [4.69, 9.17) is 33.7 Å². The van der Waals surface area contributed by atoms with Gasteiger partial charge in [0.1, 0.15) is 6.33 Å². The molecule has 3 rings (SSSR count). The zero-order chi connectivity index (χ0) is 21.8. The Labute approximate surface area is 182 Å². The maximum atomic E-state index is 11.9. The maximum absolute atomic E-state index is 11.9. The minimum absolute atomic E-state index is 0.333. The Morgan fingerprint density at radius 1 is 1.33 bits per heavy atom. The number of likely N-dealkylation sites (N-methyl/N-ethyl adjacent to an activating group) is 1. The number of nitrogens with zero attached hydrogens (tertiary/aromatic N) is 4. The molecule has 160 valence electrons. The average molecular weight is 454 g/mol. The molecule has 0 saturated heterocycles. The number of rotatable bonds is 8. The minimum Gasteiger partial charge on any atom is -0.371 e. The Balaban J connectivity index is 1.86.